The van der Waals surface area contributed by atoms with E-state index in [4.69, 9.17) is 4.74 Å². The Morgan fingerprint density at radius 3 is 3.00 bits per heavy atom. The predicted molar refractivity (Wildman–Crippen MR) is 93.2 cm³/mol. The molecular formula is C17H18N2O3S2. The number of carbonyl (C=O) groups is 2. The molecule has 3 atom stereocenters. The Morgan fingerprint density at radius 2 is 2.25 bits per heavy atom. The van der Waals surface area contributed by atoms with Crippen LogP contribution in [0.1, 0.15) is 21.7 Å². The predicted octanol–water partition coefficient (Wildman–Crippen LogP) is 2.36. The van der Waals surface area contributed by atoms with Crippen LogP contribution < -0.4 is 5.32 Å². The number of ether oxygens (including phenoxy) is 1. The fraction of sp³-hybridized carbons (Fsp3) is 0.412. The van der Waals surface area contributed by atoms with E-state index in [9.17, 15) is 9.59 Å². The van der Waals surface area contributed by atoms with E-state index in [1.165, 1.54) is 11.3 Å². The monoisotopic (exact) mass is 362 g/mol. The van der Waals surface area contributed by atoms with Crippen LogP contribution in [0.4, 0.5) is 0 Å². The lowest BCUT2D eigenvalue weighted by atomic mass is 10.0. The minimum Gasteiger partial charge on any atom is -0.375 e. The number of nitrogens with one attached hydrogen (secondary N) is 1. The summed E-state index contributed by atoms with van der Waals surface area (Å²) in [6.07, 6.45) is 0.617. The van der Waals surface area contributed by atoms with Gasteiger partial charge in [0.25, 0.3) is 5.91 Å². The highest BCUT2D eigenvalue weighted by molar-refractivity contribution is 7.09. The Kier molecular flexibility index (Phi) is 4.39. The first-order valence-corrected chi connectivity index (χ1v) is 9.81. The lowest BCUT2D eigenvalue weighted by Gasteiger charge is -2.21. The summed E-state index contributed by atoms with van der Waals surface area (Å²) in [6.45, 7) is 1.57. The summed E-state index contributed by atoms with van der Waals surface area (Å²) in [7, 11) is 0. The van der Waals surface area contributed by atoms with Crippen molar-refractivity contribution >= 4 is 34.5 Å². The van der Waals surface area contributed by atoms with Crippen molar-refractivity contribution in [2.45, 2.75) is 25.1 Å². The molecule has 3 unspecified atom stereocenters. The van der Waals surface area contributed by atoms with Crippen molar-refractivity contribution < 1.29 is 14.3 Å². The number of carbonyl (C=O) groups excluding carboxylic acids is 2. The molecule has 0 aromatic carbocycles. The van der Waals surface area contributed by atoms with Gasteiger partial charge in [0.15, 0.2) is 0 Å². The van der Waals surface area contributed by atoms with Gasteiger partial charge in [0.1, 0.15) is 0 Å². The Balaban J connectivity index is 1.46. The van der Waals surface area contributed by atoms with Crippen LogP contribution in [0.3, 0.4) is 0 Å². The number of amides is 2. The highest BCUT2D eigenvalue weighted by atomic mass is 32.1. The number of hydrogen-bond acceptors (Lipinski definition) is 5. The Bertz CT molecular complexity index is 714. The van der Waals surface area contributed by atoms with Gasteiger partial charge in [0.05, 0.1) is 30.2 Å². The smallest absolute Gasteiger partial charge is 0.255 e. The third kappa shape index (κ3) is 2.87. The molecule has 0 radical (unpaired) electrons. The van der Waals surface area contributed by atoms with Crippen molar-refractivity contribution in [2.24, 2.45) is 5.92 Å². The third-order valence-corrected chi connectivity index (χ3v) is 6.24. The molecular weight excluding hydrogens is 344 g/mol. The minimum absolute atomic E-state index is 0.00491. The fourth-order valence-electron chi connectivity index (χ4n) is 3.51. The summed E-state index contributed by atoms with van der Waals surface area (Å²) in [5.74, 6) is -0.314. The molecule has 1 N–H and O–H groups in total. The van der Waals surface area contributed by atoms with E-state index >= 15 is 0 Å². The van der Waals surface area contributed by atoms with E-state index in [1.807, 2.05) is 39.2 Å². The summed E-state index contributed by atoms with van der Waals surface area (Å²) in [5.41, 5.74) is 0.699. The Labute approximate surface area is 148 Å². The highest BCUT2D eigenvalue weighted by Gasteiger charge is 2.50. The van der Waals surface area contributed by atoms with Crippen molar-refractivity contribution in [2.75, 3.05) is 13.2 Å². The van der Waals surface area contributed by atoms with Crippen LogP contribution in [0.15, 0.2) is 34.3 Å². The maximum Gasteiger partial charge on any atom is 0.255 e. The first-order valence-electron chi connectivity index (χ1n) is 7.99. The normalized spacial score (nSPS) is 25.7. The van der Waals surface area contributed by atoms with E-state index in [2.05, 4.69) is 5.32 Å². The zero-order chi connectivity index (χ0) is 16.5. The van der Waals surface area contributed by atoms with Crippen LogP contribution in [0, 0.1) is 5.92 Å². The summed E-state index contributed by atoms with van der Waals surface area (Å²) in [4.78, 5) is 28.3. The molecule has 7 heteroatoms. The molecule has 0 saturated carbocycles. The molecule has 5 nitrogen and oxygen atoms in total. The summed E-state index contributed by atoms with van der Waals surface area (Å²) >= 11 is 3.13. The third-order valence-electron chi connectivity index (χ3n) is 4.68. The highest BCUT2D eigenvalue weighted by Crippen LogP contribution is 2.34. The molecule has 4 heterocycles. The first kappa shape index (κ1) is 15.8. The van der Waals surface area contributed by atoms with E-state index in [0.717, 1.165) is 11.3 Å². The van der Waals surface area contributed by atoms with Crippen LogP contribution in [-0.4, -0.2) is 42.0 Å². The van der Waals surface area contributed by atoms with Gasteiger partial charge in [-0.05, 0) is 29.3 Å². The van der Waals surface area contributed by atoms with Gasteiger partial charge in [0, 0.05) is 23.4 Å². The standard InChI is InChI=1S/C17H18N2O3S2/c20-16(18-8-12-2-1-6-24-12)13-9-19(14-3-5-22-15(13)14)17(21)11-4-7-23-10-11/h1-2,4,6-7,10,13-15H,3,5,8-9H2,(H,18,20). The van der Waals surface area contributed by atoms with Crippen LogP contribution in [-0.2, 0) is 16.1 Å². The number of thiophene rings is 2. The van der Waals surface area contributed by atoms with Crippen LogP contribution in [0.25, 0.3) is 0 Å². The van der Waals surface area contributed by atoms with Crippen LogP contribution in [0.2, 0.25) is 0 Å². The Morgan fingerprint density at radius 1 is 1.33 bits per heavy atom. The zero-order valence-corrected chi connectivity index (χ0v) is 14.6. The molecule has 2 fully saturated rings. The number of rotatable bonds is 4. The zero-order valence-electron chi connectivity index (χ0n) is 13.0. The first-order chi connectivity index (χ1) is 11.7. The summed E-state index contributed by atoms with van der Waals surface area (Å²) in [6, 6.07) is 5.82. The molecule has 2 amide bonds. The largest absolute Gasteiger partial charge is 0.375 e. The van der Waals surface area contributed by atoms with E-state index in [1.54, 1.807) is 11.3 Å². The van der Waals surface area contributed by atoms with E-state index in [0.29, 0.717) is 25.3 Å². The van der Waals surface area contributed by atoms with Crippen molar-refractivity contribution in [3.05, 3.63) is 44.8 Å². The second kappa shape index (κ2) is 6.66. The molecule has 2 aliphatic rings. The van der Waals surface area contributed by atoms with Crippen molar-refractivity contribution in [3.8, 4) is 0 Å². The molecule has 0 aliphatic carbocycles. The molecule has 4 rings (SSSR count). The van der Waals surface area contributed by atoms with Crippen LogP contribution in [0.5, 0.6) is 0 Å². The molecule has 0 spiro atoms. The molecule has 2 aromatic rings. The SMILES string of the molecule is O=C(NCc1cccs1)C1CN(C(=O)c2ccsc2)C2CCOC12. The summed E-state index contributed by atoms with van der Waals surface area (Å²) in [5, 5.41) is 8.74. The second-order valence-corrected chi connectivity index (χ2v) is 7.88. The number of hydrogen-bond donors (Lipinski definition) is 1. The second-order valence-electron chi connectivity index (χ2n) is 6.06. The minimum atomic E-state index is -0.292. The molecule has 2 aromatic heterocycles. The maximum atomic E-state index is 12.7. The quantitative estimate of drug-likeness (QED) is 0.908. The van der Waals surface area contributed by atoms with Gasteiger partial charge >= 0.3 is 0 Å². The lowest BCUT2D eigenvalue weighted by molar-refractivity contribution is -0.127. The van der Waals surface area contributed by atoms with Gasteiger partial charge in [-0.3, -0.25) is 9.59 Å². The van der Waals surface area contributed by atoms with E-state index in [-0.39, 0.29) is 29.9 Å². The number of likely N-dealkylation sites (tertiary alicyclic amines) is 1. The number of fused-ring (bicyclic) bond motifs is 1. The lowest BCUT2D eigenvalue weighted by Crippen LogP contribution is -2.37. The molecule has 0 bridgehead atoms. The van der Waals surface area contributed by atoms with Crippen molar-refractivity contribution in [1.82, 2.24) is 10.2 Å². The van der Waals surface area contributed by atoms with Gasteiger partial charge in [0.2, 0.25) is 5.91 Å². The van der Waals surface area contributed by atoms with Crippen molar-refractivity contribution in [3.63, 3.8) is 0 Å². The van der Waals surface area contributed by atoms with Gasteiger partial charge < -0.3 is 15.0 Å². The topological polar surface area (TPSA) is 58.6 Å². The maximum absolute atomic E-state index is 12.7. The molecule has 2 saturated heterocycles. The van der Waals surface area contributed by atoms with Gasteiger partial charge in [-0.1, -0.05) is 6.07 Å². The molecule has 126 valence electrons. The van der Waals surface area contributed by atoms with E-state index < -0.39 is 0 Å². The van der Waals surface area contributed by atoms with Crippen molar-refractivity contribution in [1.29, 1.82) is 0 Å². The van der Waals surface area contributed by atoms with Gasteiger partial charge in [-0.15, -0.1) is 11.3 Å². The molecule has 24 heavy (non-hydrogen) atoms. The Hall–Kier alpha value is -1.70. The fourth-order valence-corrected chi connectivity index (χ4v) is 4.78. The number of nitrogens with zero attached hydrogens (tertiary/aromatic N) is 1. The average molecular weight is 362 g/mol. The average Bonchev–Trinajstić information content (AvgIpc) is 3.37. The van der Waals surface area contributed by atoms with Crippen LogP contribution >= 0.6 is 22.7 Å². The molecule has 2 aliphatic heterocycles. The van der Waals surface area contributed by atoms with Gasteiger partial charge in [-0.2, -0.15) is 11.3 Å². The summed E-state index contributed by atoms with van der Waals surface area (Å²) < 4.78 is 5.80. The van der Waals surface area contributed by atoms with Gasteiger partial charge in [-0.25, -0.2) is 0 Å².